The minimum atomic E-state index is -1.14. The summed E-state index contributed by atoms with van der Waals surface area (Å²) in [5, 5.41) is 13.1. The molecule has 0 saturated heterocycles. The van der Waals surface area contributed by atoms with Crippen LogP contribution >= 0.6 is 54.8 Å². The highest BCUT2D eigenvalue weighted by Crippen LogP contribution is 2.37. The molecule has 0 aliphatic carbocycles. The highest BCUT2D eigenvalue weighted by Gasteiger charge is 2.21. The number of carboxylic acid groups (broad SMARTS) is 1. The number of nitrogens with one attached hydrogen (secondary N) is 1. The third kappa shape index (κ3) is 3.21. The number of anilines is 1. The van der Waals surface area contributed by atoms with Gasteiger partial charge >= 0.3 is 5.97 Å². The molecular weight excluding hydrogens is 482 g/mol. The first kappa shape index (κ1) is 17.4. The van der Waals surface area contributed by atoms with E-state index in [2.05, 4.69) is 37.2 Å². The quantitative estimate of drug-likeness (QED) is 0.472. The van der Waals surface area contributed by atoms with Gasteiger partial charge in [-0.3, -0.25) is 4.79 Å². The minimum absolute atomic E-state index is 0.0261. The molecule has 3 aromatic rings. The standard InChI is InChI=1S/C16H8Br2ClNO3S/c17-7-5-9(16(22)23)13(10(18)6-7)20-15(21)14-12(19)8-3-1-2-4-11(8)24-14/h1-6H,(H,20,21)(H,22,23). The normalized spacial score (nSPS) is 10.8. The van der Waals surface area contributed by atoms with Crippen LogP contribution in [0.15, 0.2) is 45.3 Å². The molecule has 0 spiro atoms. The van der Waals surface area contributed by atoms with Crippen LogP contribution in [0.1, 0.15) is 20.0 Å². The third-order valence-electron chi connectivity index (χ3n) is 3.27. The number of aromatic carboxylic acids is 1. The van der Waals surface area contributed by atoms with Crippen molar-refractivity contribution in [3.63, 3.8) is 0 Å². The van der Waals surface area contributed by atoms with Crippen LogP contribution in [-0.4, -0.2) is 17.0 Å². The molecule has 8 heteroatoms. The van der Waals surface area contributed by atoms with Gasteiger partial charge in [0.1, 0.15) is 4.88 Å². The number of thiophene rings is 1. The molecule has 0 aliphatic rings. The van der Waals surface area contributed by atoms with Crippen LogP contribution in [0.3, 0.4) is 0 Å². The first-order valence-electron chi connectivity index (χ1n) is 6.59. The summed E-state index contributed by atoms with van der Waals surface area (Å²) in [6, 6.07) is 10.5. The van der Waals surface area contributed by atoms with E-state index in [1.165, 1.54) is 17.4 Å². The molecule has 1 amide bonds. The van der Waals surface area contributed by atoms with Gasteiger partial charge in [0.15, 0.2) is 0 Å². The number of hydrogen-bond donors (Lipinski definition) is 2. The first-order chi connectivity index (χ1) is 11.4. The van der Waals surface area contributed by atoms with Gasteiger partial charge in [-0.2, -0.15) is 0 Å². The number of amides is 1. The second-order valence-electron chi connectivity index (χ2n) is 4.81. The van der Waals surface area contributed by atoms with Gasteiger partial charge in [0, 0.05) is 19.0 Å². The van der Waals surface area contributed by atoms with E-state index in [4.69, 9.17) is 11.6 Å². The molecule has 0 aliphatic heterocycles. The number of halogens is 3. The topological polar surface area (TPSA) is 66.4 Å². The van der Waals surface area contributed by atoms with E-state index in [1.807, 2.05) is 24.3 Å². The number of fused-ring (bicyclic) bond motifs is 1. The van der Waals surface area contributed by atoms with Crippen LogP contribution in [-0.2, 0) is 0 Å². The lowest BCUT2D eigenvalue weighted by molar-refractivity contribution is 0.0698. The SMILES string of the molecule is O=C(O)c1cc(Br)cc(Br)c1NC(=O)c1sc2ccccc2c1Cl. The lowest BCUT2D eigenvalue weighted by atomic mass is 10.1. The molecule has 0 saturated carbocycles. The fourth-order valence-corrected chi connectivity index (χ4v) is 4.94. The van der Waals surface area contributed by atoms with Gasteiger partial charge in [0.05, 0.1) is 16.3 Å². The molecule has 1 aromatic heterocycles. The van der Waals surface area contributed by atoms with Gasteiger partial charge in [-0.1, -0.05) is 45.7 Å². The molecule has 4 nitrogen and oxygen atoms in total. The number of benzene rings is 2. The van der Waals surface area contributed by atoms with E-state index in [9.17, 15) is 14.7 Å². The summed E-state index contributed by atoms with van der Waals surface area (Å²) in [5.74, 6) is -1.60. The molecule has 0 radical (unpaired) electrons. The molecule has 0 fully saturated rings. The van der Waals surface area contributed by atoms with E-state index in [-0.39, 0.29) is 11.3 Å². The molecule has 0 unspecified atom stereocenters. The summed E-state index contributed by atoms with van der Waals surface area (Å²) in [4.78, 5) is 24.4. The van der Waals surface area contributed by atoms with E-state index in [0.29, 0.717) is 18.8 Å². The van der Waals surface area contributed by atoms with Crippen molar-refractivity contribution in [3.05, 3.63) is 60.8 Å². The number of carbonyl (C=O) groups excluding carboxylic acids is 1. The maximum absolute atomic E-state index is 12.6. The Balaban J connectivity index is 2.03. The van der Waals surface area contributed by atoms with Crippen LogP contribution in [0, 0.1) is 0 Å². The van der Waals surface area contributed by atoms with Crippen LogP contribution in [0.4, 0.5) is 5.69 Å². The van der Waals surface area contributed by atoms with E-state index in [1.54, 1.807) is 6.07 Å². The van der Waals surface area contributed by atoms with Crippen molar-refractivity contribution in [2.45, 2.75) is 0 Å². The molecule has 2 aromatic carbocycles. The zero-order valence-corrected chi connectivity index (χ0v) is 16.5. The van der Waals surface area contributed by atoms with Crippen molar-refractivity contribution < 1.29 is 14.7 Å². The molecule has 2 N–H and O–H groups in total. The zero-order chi connectivity index (χ0) is 17.4. The highest BCUT2D eigenvalue weighted by molar-refractivity contribution is 9.11. The Kier molecular flexibility index (Phi) is 4.96. The van der Waals surface area contributed by atoms with Crippen molar-refractivity contribution >= 4 is 82.4 Å². The van der Waals surface area contributed by atoms with Crippen LogP contribution < -0.4 is 5.32 Å². The molecule has 1 heterocycles. The molecule has 3 rings (SSSR count). The van der Waals surface area contributed by atoms with Gasteiger partial charge in [0.2, 0.25) is 0 Å². The average Bonchev–Trinajstić information content (AvgIpc) is 2.87. The fourth-order valence-electron chi connectivity index (χ4n) is 2.20. The predicted molar refractivity (Wildman–Crippen MR) is 104 cm³/mol. The van der Waals surface area contributed by atoms with Gasteiger partial charge < -0.3 is 10.4 Å². The van der Waals surface area contributed by atoms with Crippen molar-refractivity contribution in [2.24, 2.45) is 0 Å². The van der Waals surface area contributed by atoms with Crippen LogP contribution in [0.5, 0.6) is 0 Å². The lowest BCUT2D eigenvalue weighted by Crippen LogP contribution is -2.14. The minimum Gasteiger partial charge on any atom is -0.478 e. The molecule has 24 heavy (non-hydrogen) atoms. The zero-order valence-electron chi connectivity index (χ0n) is 11.8. The highest BCUT2D eigenvalue weighted by atomic mass is 79.9. The molecule has 0 bridgehead atoms. The van der Waals surface area contributed by atoms with Crippen molar-refractivity contribution in [2.75, 3.05) is 5.32 Å². The second-order valence-corrected chi connectivity index (χ2v) is 8.01. The maximum atomic E-state index is 12.6. The molecule has 0 atom stereocenters. The smallest absolute Gasteiger partial charge is 0.337 e. The monoisotopic (exact) mass is 487 g/mol. The largest absolute Gasteiger partial charge is 0.478 e. The van der Waals surface area contributed by atoms with Gasteiger partial charge in [-0.05, 0) is 34.1 Å². The number of carbonyl (C=O) groups is 2. The van der Waals surface area contributed by atoms with Gasteiger partial charge in [-0.25, -0.2) is 4.79 Å². The van der Waals surface area contributed by atoms with Crippen LogP contribution in [0.25, 0.3) is 10.1 Å². The molecule has 122 valence electrons. The lowest BCUT2D eigenvalue weighted by Gasteiger charge is -2.11. The predicted octanol–water partition coefficient (Wildman–Crippen LogP) is 6.03. The summed E-state index contributed by atoms with van der Waals surface area (Å²) in [7, 11) is 0. The Morgan fingerprint density at radius 3 is 2.54 bits per heavy atom. The Bertz CT molecular complexity index is 987. The third-order valence-corrected chi connectivity index (χ3v) is 6.02. The Labute approximate surface area is 162 Å². The van der Waals surface area contributed by atoms with Crippen molar-refractivity contribution in [1.82, 2.24) is 0 Å². The fraction of sp³-hybridized carbons (Fsp3) is 0. The maximum Gasteiger partial charge on any atom is 0.337 e. The Morgan fingerprint density at radius 1 is 1.17 bits per heavy atom. The summed E-state index contributed by atoms with van der Waals surface area (Å²) in [6.45, 7) is 0. The van der Waals surface area contributed by atoms with E-state index >= 15 is 0 Å². The second kappa shape index (κ2) is 6.84. The van der Waals surface area contributed by atoms with Crippen LogP contribution in [0.2, 0.25) is 5.02 Å². The average molecular weight is 490 g/mol. The van der Waals surface area contributed by atoms with Crippen molar-refractivity contribution in [1.29, 1.82) is 0 Å². The summed E-state index contributed by atoms with van der Waals surface area (Å²) in [5.41, 5.74) is 0.158. The van der Waals surface area contributed by atoms with E-state index in [0.717, 1.165) is 10.1 Å². The summed E-state index contributed by atoms with van der Waals surface area (Å²) >= 11 is 14.1. The van der Waals surface area contributed by atoms with Gasteiger partial charge in [0.25, 0.3) is 5.91 Å². The van der Waals surface area contributed by atoms with Gasteiger partial charge in [-0.15, -0.1) is 11.3 Å². The number of rotatable bonds is 3. The molecular formula is C16H8Br2ClNO3S. The van der Waals surface area contributed by atoms with Crippen molar-refractivity contribution in [3.8, 4) is 0 Å². The summed E-state index contributed by atoms with van der Waals surface area (Å²) in [6.07, 6.45) is 0. The van der Waals surface area contributed by atoms with E-state index < -0.39 is 11.9 Å². The number of carboxylic acids is 1. The summed E-state index contributed by atoms with van der Waals surface area (Å²) < 4.78 is 1.94. The Hall–Kier alpha value is -1.41. The number of hydrogen-bond acceptors (Lipinski definition) is 3. The Morgan fingerprint density at radius 2 is 1.88 bits per heavy atom. The first-order valence-corrected chi connectivity index (χ1v) is 9.37.